The molecule has 0 aliphatic carbocycles. The molecule has 7 heteroatoms. The molecule has 0 spiro atoms. The van der Waals surface area contributed by atoms with E-state index >= 15 is 0 Å². The van der Waals surface area contributed by atoms with Gasteiger partial charge in [0.1, 0.15) is 34.9 Å². The molecule has 1 aromatic heterocycles. The summed E-state index contributed by atoms with van der Waals surface area (Å²) in [6.07, 6.45) is -3.83. The fraction of sp³-hybridized carbons (Fsp3) is 0.545. The Labute approximate surface area is 109 Å². The predicted octanol–water partition coefficient (Wildman–Crippen LogP) is -0.211. The standard InChI is InChI=1S/C11H16N2O4S/c1-4-2-5(11(18)13-10(4)12)9-8(16)7(15)6(3-14)17-9/h2,6-9,14-16H,3H2,1H3,(H3,12,13,18). The number of aliphatic hydroxyl groups excluding tert-OH is 3. The number of nitrogens with two attached hydrogens (primary N) is 1. The van der Waals surface area contributed by atoms with E-state index in [0.717, 1.165) is 5.56 Å². The number of ether oxygens (including phenoxy) is 1. The van der Waals surface area contributed by atoms with Gasteiger partial charge in [-0.05, 0) is 18.6 Å². The molecule has 1 aliphatic heterocycles. The number of pyridine rings is 1. The third-order valence-corrected chi connectivity index (χ3v) is 3.49. The van der Waals surface area contributed by atoms with Crippen LogP contribution in [0, 0.1) is 11.6 Å². The van der Waals surface area contributed by atoms with Crippen LogP contribution in [-0.2, 0) is 4.74 Å². The number of nitrogen functional groups attached to an aromatic ring is 1. The van der Waals surface area contributed by atoms with E-state index in [1.807, 2.05) is 0 Å². The quantitative estimate of drug-likeness (QED) is 0.476. The smallest absolute Gasteiger partial charge is 0.114 e. The van der Waals surface area contributed by atoms with Gasteiger partial charge >= 0.3 is 0 Å². The number of aromatic amines is 1. The molecule has 0 bridgehead atoms. The number of H-pyrrole nitrogens is 1. The summed E-state index contributed by atoms with van der Waals surface area (Å²) in [5.41, 5.74) is 7.02. The molecule has 0 aromatic carbocycles. The van der Waals surface area contributed by atoms with Crippen molar-refractivity contribution in [3.63, 3.8) is 0 Å². The minimum atomic E-state index is -1.13. The van der Waals surface area contributed by atoms with Crippen molar-refractivity contribution in [2.24, 2.45) is 0 Å². The van der Waals surface area contributed by atoms with Crippen LogP contribution in [0.4, 0.5) is 5.82 Å². The summed E-state index contributed by atoms with van der Waals surface area (Å²) in [7, 11) is 0. The van der Waals surface area contributed by atoms with Gasteiger partial charge in [-0.3, -0.25) is 0 Å². The molecule has 18 heavy (non-hydrogen) atoms. The van der Waals surface area contributed by atoms with Crippen molar-refractivity contribution >= 4 is 18.0 Å². The predicted molar refractivity (Wildman–Crippen MR) is 67.5 cm³/mol. The zero-order chi connectivity index (χ0) is 13.4. The number of nitrogens with one attached hydrogen (secondary N) is 1. The molecule has 4 unspecified atom stereocenters. The van der Waals surface area contributed by atoms with Gasteiger partial charge in [0.2, 0.25) is 0 Å². The van der Waals surface area contributed by atoms with Crippen molar-refractivity contribution in [1.82, 2.24) is 4.98 Å². The van der Waals surface area contributed by atoms with E-state index in [2.05, 4.69) is 4.98 Å². The lowest BCUT2D eigenvalue weighted by Gasteiger charge is -2.16. The number of aromatic nitrogens is 1. The Bertz CT molecular complexity index is 504. The third kappa shape index (κ3) is 2.15. The van der Waals surface area contributed by atoms with Gasteiger partial charge in [0, 0.05) is 5.56 Å². The molecule has 4 atom stereocenters. The minimum Gasteiger partial charge on any atom is -0.394 e. The fourth-order valence-electron chi connectivity index (χ4n) is 2.04. The number of anilines is 1. The van der Waals surface area contributed by atoms with Crippen LogP contribution in [0.3, 0.4) is 0 Å². The highest BCUT2D eigenvalue weighted by Crippen LogP contribution is 2.34. The summed E-state index contributed by atoms with van der Waals surface area (Å²) >= 11 is 5.13. The molecule has 0 saturated carbocycles. The summed E-state index contributed by atoms with van der Waals surface area (Å²) in [6.45, 7) is 1.44. The Morgan fingerprint density at radius 1 is 1.44 bits per heavy atom. The molecule has 0 radical (unpaired) electrons. The molecule has 1 aromatic rings. The Hall–Kier alpha value is -0.990. The molecule has 6 nitrogen and oxygen atoms in total. The van der Waals surface area contributed by atoms with Gasteiger partial charge in [0.05, 0.1) is 6.61 Å². The van der Waals surface area contributed by atoms with Crippen LogP contribution in [-0.4, -0.2) is 45.2 Å². The van der Waals surface area contributed by atoms with Gasteiger partial charge in [-0.1, -0.05) is 12.2 Å². The first kappa shape index (κ1) is 13.4. The van der Waals surface area contributed by atoms with Crippen LogP contribution in [0.1, 0.15) is 17.2 Å². The van der Waals surface area contributed by atoms with Gasteiger partial charge in [-0.15, -0.1) is 0 Å². The van der Waals surface area contributed by atoms with Crippen molar-refractivity contribution in [3.8, 4) is 0 Å². The summed E-state index contributed by atoms with van der Waals surface area (Å²) in [5, 5.41) is 28.7. The Kier molecular flexibility index (Phi) is 3.69. The second-order valence-electron chi connectivity index (χ2n) is 4.41. The molecule has 1 aliphatic rings. The third-order valence-electron chi connectivity index (χ3n) is 3.16. The van der Waals surface area contributed by atoms with Crippen LogP contribution in [0.25, 0.3) is 0 Å². The SMILES string of the molecule is Cc1cc(C2OC(CO)C(O)C2O)c(=S)[nH]c1N. The van der Waals surface area contributed by atoms with Gasteiger partial charge in [-0.2, -0.15) is 0 Å². The van der Waals surface area contributed by atoms with Gasteiger partial charge in [-0.25, -0.2) is 0 Å². The zero-order valence-corrected chi connectivity index (χ0v) is 10.6. The molecule has 100 valence electrons. The molecule has 1 saturated heterocycles. The van der Waals surface area contributed by atoms with Crippen molar-refractivity contribution in [3.05, 3.63) is 21.8 Å². The van der Waals surface area contributed by atoms with Crippen LogP contribution >= 0.6 is 12.2 Å². The minimum absolute atomic E-state index is 0.355. The average Bonchev–Trinajstić information content (AvgIpc) is 2.61. The van der Waals surface area contributed by atoms with Crippen molar-refractivity contribution in [1.29, 1.82) is 0 Å². The largest absolute Gasteiger partial charge is 0.394 e. The van der Waals surface area contributed by atoms with Crippen LogP contribution in [0.5, 0.6) is 0 Å². The highest BCUT2D eigenvalue weighted by molar-refractivity contribution is 7.71. The van der Waals surface area contributed by atoms with Crippen molar-refractivity contribution < 1.29 is 20.1 Å². The molecular weight excluding hydrogens is 256 g/mol. The van der Waals surface area contributed by atoms with E-state index in [4.69, 9.17) is 27.8 Å². The zero-order valence-electron chi connectivity index (χ0n) is 9.83. The molecule has 0 amide bonds. The summed E-state index contributed by atoms with van der Waals surface area (Å²) in [4.78, 5) is 2.81. The number of aryl methyl sites for hydroxylation is 1. The van der Waals surface area contributed by atoms with E-state index in [1.165, 1.54) is 0 Å². The monoisotopic (exact) mass is 272 g/mol. The molecule has 1 fully saturated rings. The Morgan fingerprint density at radius 2 is 2.11 bits per heavy atom. The second-order valence-corrected chi connectivity index (χ2v) is 4.82. The lowest BCUT2D eigenvalue weighted by Crippen LogP contribution is -2.32. The van der Waals surface area contributed by atoms with Gasteiger partial charge < -0.3 is 30.8 Å². The maximum Gasteiger partial charge on any atom is 0.114 e. The van der Waals surface area contributed by atoms with E-state index in [0.29, 0.717) is 16.0 Å². The summed E-state index contributed by atoms with van der Waals surface area (Å²) in [5.74, 6) is 0.454. The van der Waals surface area contributed by atoms with Gasteiger partial charge in [0.25, 0.3) is 0 Å². The number of hydrogen-bond acceptors (Lipinski definition) is 6. The number of hydrogen-bond donors (Lipinski definition) is 5. The van der Waals surface area contributed by atoms with Crippen LogP contribution < -0.4 is 5.73 Å². The van der Waals surface area contributed by atoms with E-state index in [-0.39, 0.29) is 6.61 Å². The highest BCUT2D eigenvalue weighted by Gasteiger charge is 2.43. The summed E-state index contributed by atoms with van der Waals surface area (Å²) in [6, 6.07) is 1.72. The normalized spacial score (nSPS) is 31.8. The van der Waals surface area contributed by atoms with Crippen LogP contribution in [0.2, 0.25) is 0 Å². The van der Waals surface area contributed by atoms with Gasteiger partial charge in [0.15, 0.2) is 0 Å². The maximum absolute atomic E-state index is 9.92. The van der Waals surface area contributed by atoms with Crippen LogP contribution in [0.15, 0.2) is 6.07 Å². The Balaban J connectivity index is 2.39. The number of aliphatic hydroxyl groups is 3. The summed E-state index contributed by atoms with van der Waals surface area (Å²) < 4.78 is 5.77. The van der Waals surface area contributed by atoms with E-state index < -0.39 is 24.4 Å². The lowest BCUT2D eigenvalue weighted by molar-refractivity contribution is -0.0229. The first-order valence-corrected chi connectivity index (χ1v) is 5.98. The molecular formula is C11H16N2O4S. The second kappa shape index (κ2) is 4.94. The van der Waals surface area contributed by atoms with Crippen molar-refractivity contribution in [2.45, 2.75) is 31.3 Å². The molecule has 2 rings (SSSR count). The number of rotatable bonds is 2. The Morgan fingerprint density at radius 3 is 2.67 bits per heavy atom. The van der Waals surface area contributed by atoms with E-state index in [1.54, 1.807) is 13.0 Å². The van der Waals surface area contributed by atoms with Crippen molar-refractivity contribution in [2.75, 3.05) is 12.3 Å². The van der Waals surface area contributed by atoms with E-state index in [9.17, 15) is 10.2 Å². The molecule has 6 N–H and O–H groups in total. The topological polar surface area (TPSA) is 112 Å². The first-order chi connectivity index (χ1) is 8.45. The molecule has 2 heterocycles. The lowest BCUT2D eigenvalue weighted by atomic mass is 10.0. The first-order valence-electron chi connectivity index (χ1n) is 5.57. The average molecular weight is 272 g/mol. The fourth-order valence-corrected chi connectivity index (χ4v) is 2.32. The maximum atomic E-state index is 9.92. The highest BCUT2D eigenvalue weighted by atomic mass is 32.1.